The van der Waals surface area contributed by atoms with Gasteiger partial charge in [-0.1, -0.05) is 70.4 Å². The van der Waals surface area contributed by atoms with Crippen molar-refractivity contribution in [3.05, 3.63) is 24.5 Å². The molecular formula is C17H33NSi. The molecule has 0 aromatic carbocycles. The molecule has 0 saturated heterocycles. The summed E-state index contributed by atoms with van der Waals surface area (Å²) in [6, 6.07) is 7.42. The fourth-order valence-corrected chi connectivity index (χ4v) is 4.42. The Kier molecular flexibility index (Phi) is 10.9. The van der Waals surface area contributed by atoms with Crippen LogP contribution in [0.2, 0.25) is 12.1 Å². The number of hydrogen-bond acceptors (Lipinski definition) is 0. The van der Waals surface area contributed by atoms with E-state index >= 15 is 0 Å². The normalized spacial score (nSPS) is 11.6. The van der Waals surface area contributed by atoms with Gasteiger partial charge in [0, 0.05) is 28.5 Å². The fourth-order valence-electron chi connectivity index (χ4n) is 2.65. The number of hydrogen-bond donors (Lipinski definition) is 0. The topological polar surface area (TPSA) is 4.93 Å². The van der Waals surface area contributed by atoms with E-state index in [1.54, 1.807) is 12.1 Å². The van der Waals surface area contributed by atoms with Gasteiger partial charge in [-0.3, -0.25) is 0 Å². The number of unbranched alkanes of at least 4 members (excludes halogenated alkanes) is 7. The van der Waals surface area contributed by atoms with E-state index in [0.717, 1.165) is 0 Å². The van der Waals surface area contributed by atoms with Crippen molar-refractivity contribution in [2.45, 2.75) is 83.3 Å². The predicted molar refractivity (Wildman–Crippen MR) is 89.8 cm³/mol. The summed E-state index contributed by atoms with van der Waals surface area (Å²) in [5.41, 5.74) is 0. The molecule has 1 aromatic rings. The Balaban J connectivity index is 1.72. The average Bonchev–Trinajstić information content (AvgIpc) is 2.93. The van der Waals surface area contributed by atoms with Crippen LogP contribution >= 0.6 is 0 Å². The highest BCUT2D eigenvalue weighted by molar-refractivity contribution is 6.35. The summed E-state index contributed by atoms with van der Waals surface area (Å²) in [5.74, 6) is 0. The lowest BCUT2D eigenvalue weighted by Crippen LogP contribution is -1.95. The summed E-state index contributed by atoms with van der Waals surface area (Å²) in [5, 5.41) is 0. The lowest BCUT2D eigenvalue weighted by molar-refractivity contribution is 0.602. The van der Waals surface area contributed by atoms with Gasteiger partial charge >= 0.3 is 0 Å². The molecule has 0 atom stereocenters. The maximum Gasteiger partial charge on any atom is 0.0219 e. The molecule has 0 bridgehead atoms. The van der Waals surface area contributed by atoms with E-state index in [1.165, 1.54) is 64.3 Å². The van der Waals surface area contributed by atoms with Crippen LogP contribution in [0.15, 0.2) is 24.5 Å². The van der Waals surface area contributed by atoms with Crippen molar-refractivity contribution in [2.24, 2.45) is 0 Å². The van der Waals surface area contributed by atoms with Crippen LogP contribution < -0.4 is 0 Å². The van der Waals surface area contributed by atoms with E-state index < -0.39 is 0 Å². The van der Waals surface area contributed by atoms with Gasteiger partial charge in [-0.05, 0) is 18.6 Å². The molecule has 2 heteroatoms. The van der Waals surface area contributed by atoms with E-state index in [1.807, 2.05) is 0 Å². The van der Waals surface area contributed by atoms with Crippen molar-refractivity contribution < 1.29 is 0 Å². The molecule has 0 aliphatic carbocycles. The molecule has 110 valence electrons. The molecule has 0 aliphatic rings. The Morgan fingerprint density at radius 3 is 2.00 bits per heavy atom. The van der Waals surface area contributed by atoms with Gasteiger partial charge in [-0.15, -0.1) is 0 Å². The highest BCUT2D eigenvalue weighted by atomic mass is 28.2. The third kappa shape index (κ3) is 10.0. The summed E-state index contributed by atoms with van der Waals surface area (Å²) < 4.78 is 2.30. The van der Waals surface area contributed by atoms with E-state index in [9.17, 15) is 0 Å². The van der Waals surface area contributed by atoms with Crippen LogP contribution in [0.4, 0.5) is 0 Å². The summed E-state index contributed by atoms with van der Waals surface area (Å²) in [4.78, 5) is 0. The molecule has 19 heavy (non-hydrogen) atoms. The van der Waals surface area contributed by atoms with Crippen molar-refractivity contribution in [3.63, 3.8) is 0 Å². The maximum atomic E-state index is 2.30. The van der Waals surface area contributed by atoms with E-state index in [4.69, 9.17) is 0 Å². The van der Waals surface area contributed by atoms with Gasteiger partial charge in [0.2, 0.25) is 0 Å². The summed E-state index contributed by atoms with van der Waals surface area (Å²) in [7, 11) is 0.285. The van der Waals surface area contributed by atoms with Crippen LogP contribution in [-0.2, 0) is 6.54 Å². The van der Waals surface area contributed by atoms with E-state index in [-0.39, 0.29) is 9.52 Å². The minimum atomic E-state index is 0.285. The molecule has 0 radical (unpaired) electrons. The lowest BCUT2D eigenvalue weighted by Gasteiger charge is -2.03. The minimum absolute atomic E-state index is 0.285. The molecule has 0 unspecified atom stereocenters. The molecule has 1 aromatic heterocycles. The van der Waals surface area contributed by atoms with Crippen LogP contribution in [0, 0.1) is 0 Å². The van der Waals surface area contributed by atoms with Crippen molar-refractivity contribution in [1.82, 2.24) is 4.57 Å². The fraction of sp³-hybridized carbons (Fsp3) is 0.765. The van der Waals surface area contributed by atoms with Gasteiger partial charge in [0.05, 0.1) is 0 Å². The van der Waals surface area contributed by atoms with Gasteiger partial charge in [0.15, 0.2) is 0 Å². The Hall–Kier alpha value is -0.503. The van der Waals surface area contributed by atoms with Crippen LogP contribution in [0.5, 0.6) is 0 Å². The smallest absolute Gasteiger partial charge is 0.0219 e. The van der Waals surface area contributed by atoms with Crippen LogP contribution in [0.25, 0.3) is 0 Å². The molecule has 1 heterocycles. The highest BCUT2D eigenvalue weighted by Crippen LogP contribution is 2.09. The van der Waals surface area contributed by atoms with E-state index in [0.29, 0.717) is 0 Å². The summed E-state index contributed by atoms with van der Waals surface area (Å²) in [6.07, 6.45) is 17.4. The second-order valence-electron chi connectivity index (χ2n) is 5.81. The second-order valence-corrected chi connectivity index (χ2v) is 7.93. The quantitative estimate of drug-likeness (QED) is 0.353. The maximum absolute atomic E-state index is 2.30. The van der Waals surface area contributed by atoms with Crippen LogP contribution in [0.1, 0.15) is 64.7 Å². The molecule has 0 saturated carbocycles. The third-order valence-corrected chi connectivity index (χ3v) is 5.94. The minimum Gasteiger partial charge on any atom is -0.354 e. The van der Waals surface area contributed by atoms with Gasteiger partial charge < -0.3 is 4.57 Å². The number of aryl methyl sites for hydroxylation is 1. The average molecular weight is 280 g/mol. The van der Waals surface area contributed by atoms with E-state index in [2.05, 4.69) is 36.0 Å². The molecule has 0 amide bonds. The monoisotopic (exact) mass is 279 g/mol. The zero-order chi connectivity index (χ0) is 13.6. The van der Waals surface area contributed by atoms with Gasteiger partial charge in [-0.2, -0.15) is 0 Å². The first kappa shape index (κ1) is 16.6. The molecule has 0 spiro atoms. The Labute approximate surface area is 122 Å². The SMILES string of the molecule is CCCCCCCC[SiH2]CCCCCn1cccc1. The number of rotatable bonds is 13. The Morgan fingerprint density at radius 2 is 1.32 bits per heavy atom. The molecule has 1 nitrogen and oxygen atoms in total. The lowest BCUT2D eigenvalue weighted by atomic mass is 10.1. The standard InChI is InChI=1S/C17H33NSi/c1-2-3-4-5-6-11-16-19-17-12-7-8-13-18-14-9-10-15-18/h9-10,14-15H,2-8,11-13,16-17,19H2,1H3. The second kappa shape index (κ2) is 12.5. The van der Waals surface area contributed by atoms with Gasteiger partial charge in [0.25, 0.3) is 0 Å². The van der Waals surface area contributed by atoms with Crippen LogP contribution in [0.3, 0.4) is 0 Å². The van der Waals surface area contributed by atoms with Crippen molar-refractivity contribution in [1.29, 1.82) is 0 Å². The molecule has 1 rings (SSSR count). The zero-order valence-corrected chi connectivity index (χ0v) is 14.4. The highest BCUT2D eigenvalue weighted by Gasteiger charge is 1.94. The largest absolute Gasteiger partial charge is 0.354 e. The van der Waals surface area contributed by atoms with Gasteiger partial charge in [0.1, 0.15) is 0 Å². The Bertz CT molecular complexity index is 269. The Morgan fingerprint density at radius 1 is 0.737 bits per heavy atom. The summed E-state index contributed by atoms with van der Waals surface area (Å²) >= 11 is 0. The van der Waals surface area contributed by atoms with Crippen LogP contribution in [-0.4, -0.2) is 14.1 Å². The van der Waals surface area contributed by atoms with Crippen molar-refractivity contribution in [3.8, 4) is 0 Å². The zero-order valence-electron chi connectivity index (χ0n) is 12.9. The van der Waals surface area contributed by atoms with Gasteiger partial charge in [-0.25, -0.2) is 0 Å². The predicted octanol–water partition coefficient (Wildman–Crippen LogP) is 5.02. The summed E-state index contributed by atoms with van der Waals surface area (Å²) in [6.45, 7) is 3.51. The third-order valence-electron chi connectivity index (χ3n) is 3.94. The number of aromatic nitrogens is 1. The van der Waals surface area contributed by atoms with Crippen molar-refractivity contribution >= 4 is 9.52 Å². The first-order valence-electron chi connectivity index (χ1n) is 8.54. The number of nitrogens with zero attached hydrogens (tertiary/aromatic N) is 1. The molecule has 0 fully saturated rings. The first-order chi connectivity index (χ1) is 9.43. The molecule has 0 N–H and O–H groups in total. The molecule has 0 aliphatic heterocycles. The first-order valence-corrected chi connectivity index (χ1v) is 10.5. The molecular weight excluding hydrogens is 246 g/mol. The van der Waals surface area contributed by atoms with Crippen molar-refractivity contribution in [2.75, 3.05) is 0 Å².